The van der Waals surface area contributed by atoms with Crippen LogP contribution in [0.1, 0.15) is 38.8 Å². The summed E-state index contributed by atoms with van der Waals surface area (Å²) in [6.07, 6.45) is 4.16. The second kappa shape index (κ2) is 7.05. The van der Waals surface area contributed by atoms with Crippen molar-refractivity contribution in [3.8, 4) is 0 Å². The van der Waals surface area contributed by atoms with Crippen molar-refractivity contribution < 1.29 is 9.37 Å². The largest absolute Gasteiger partial charge is 0.387 e. The number of nitrogens with zero attached hydrogens (tertiary/aromatic N) is 2. The highest BCUT2D eigenvalue weighted by molar-refractivity contribution is 6.24. The Morgan fingerprint density at radius 3 is 2.18 bits per heavy atom. The first kappa shape index (κ1) is 21.4. The van der Waals surface area contributed by atoms with Gasteiger partial charge in [-0.2, -0.15) is 4.58 Å². The number of rotatable bonds is 3. The molecule has 5 rings (SSSR count). The highest BCUT2D eigenvalue weighted by Crippen LogP contribution is 2.48. The number of para-hydroxylation sites is 2. The molecule has 2 heterocycles. The molecule has 4 heteroatoms. The summed E-state index contributed by atoms with van der Waals surface area (Å²) in [5.41, 5.74) is 9.34. The van der Waals surface area contributed by atoms with Crippen LogP contribution in [0.3, 0.4) is 0 Å². The lowest BCUT2D eigenvalue weighted by Gasteiger charge is -2.29. The summed E-state index contributed by atoms with van der Waals surface area (Å²) >= 11 is 0. The van der Waals surface area contributed by atoms with E-state index in [9.17, 15) is 4.79 Å². The van der Waals surface area contributed by atoms with Crippen LogP contribution < -0.4 is 10.2 Å². The summed E-state index contributed by atoms with van der Waals surface area (Å²) in [5, 5.41) is 3.30. The lowest BCUT2D eigenvalue weighted by atomic mass is 9.77. The first-order chi connectivity index (χ1) is 15.6. The van der Waals surface area contributed by atoms with Crippen molar-refractivity contribution in [3.63, 3.8) is 0 Å². The van der Waals surface area contributed by atoms with E-state index in [1.165, 1.54) is 22.5 Å². The topological polar surface area (TPSA) is 35.4 Å². The maximum Gasteiger partial charge on any atom is 0.209 e. The molecule has 0 radical (unpaired) electrons. The van der Waals surface area contributed by atoms with Crippen LogP contribution in [0, 0.1) is 0 Å². The zero-order valence-electron chi connectivity index (χ0n) is 20.6. The van der Waals surface area contributed by atoms with Crippen LogP contribution in [0.2, 0.25) is 0 Å². The van der Waals surface area contributed by atoms with Gasteiger partial charge in [-0.15, -0.1) is 0 Å². The zero-order valence-corrected chi connectivity index (χ0v) is 20.6. The normalized spacial score (nSPS) is 22.8. The first-order valence-electron chi connectivity index (χ1n) is 11.6. The first-order valence-corrected chi connectivity index (χ1v) is 11.6. The lowest BCUT2D eigenvalue weighted by molar-refractivity contribution is -0.401. The number of hydrogen-bond acceptors (Lipinski definition) is 3. The van der Waals surface area contributed by atoms with Crippen LogP contribution >= 0.6 is 0 Å². The number of nitrogens with one attached hydrogen (secondary N) is 1. The van der Waals surface area contributed by atoms with E-state index in [1.807, 2.05) is 7.05 Å². The summed E-state index contributed by atoms with van der Waals surface area (Å²) in [5.74, 6) is 0.0969. The number of benzene rings is 2. The smallest absolute Gasteiger partial charge is 0.209 e. The van der Waals surface area contributed by atoms with Crippen LogP contribution in [-0.2, 0) is 15.6 Å². The maximum atomic E-state index is 13.4. The van der Waals surface area contributed by atoms with Gasteiger partial charge in [0.2, 0.25) is 5.69 Å². The van der Waals surface area contributed by atoms with Gasteiger partial charge in [0.1, 0.15) is 7.05 Å². The third kappa shape index (κ3) is 2.83. The molecule has 2 aromatic carbocycles. The molecule has 0 aromatic heterocycles. The van der Waals surface area contributed by atoms with E-state index in [2.05, 4.69) is 117 Å². The molecule has 2 aromatic rings. The van der Waals surface area contributed by atoms with Gasteiger partial charge in [0.15, 0.2) is 11.5 Å². The maximum absolute atomic E-state index is 13.4. The van der Waals surface area contributed by atoms with Crippen LogP contribution in [0.5, 0.6) is 0 Å². The minimum atomic E-state index is -0.166. The molecule has 2 aliphatic heterocycles. The van der Waals surface area contributed by atoms with E-state index in [0.717, 1.165) is 28.3 Å². The molecule has 0 saturated carbocycles. The van der Waals surface area contributed by atoms with E-state index in [-0.39, 0.29) is 16.6 Å². The van der Waals surface area contributed by atoms with E-state index < -0.39 is 0 Å². The van der Waals surface area contributed by atoms with E-state index in [1.54, 1.807) is 0 Å². The minimum Gasteiger partial charge on any atom is -0.387 e. The number of likely N-dealkylation sites (N-methyl/N-ethyl adjacent to an activating group) is 2. The van der Waals surface area contributed by atoms with Gasteiger partial charge in [-0.05, 0) is 31.6 Å². The molecule has 0 amide bonds. The second-order valence-corrected chi connectivity index (χ2v) is 10.2. The predicted molar refractivity (Wildman–Crippen MR) is 135 cm³/mol. The summed E-state index contributed by atoms with van der Waals surface area (Å²) in [4.78, 5) is 15.6. The lowest BCUT2D eigenvalue weighted by Crippen LogP contribution is -2.34. The fourth-order valence-electron chi connectivity index (χ4n) is 5.79. The van der Waals surface area contributed by atoms with Gasteiger partial charge in [-0.1, -0.05) is 50.2 Å². The molecule has 4 nitrogen and oxygen atoms in total. The van der Waals surface area contributed by atoms with Crippen molar-refractivity contribution in [1.82, 2.24) is 5.32 Å². The Kier molecular flexibility index (Phi) is 4.58. The molecule has 0 bridgehead atoms. The Hall–Kier alpha value is -3.40. The third-order valence-corrected chi connectivity index (χ3v) is 7.72. The SMILES string of the molecule is CNC1=C(C=C2N(C)c3ccccc3C2(C)C)C(=O)C1=CC1=[N+](C)c2ccccc2C1(C)C. The second-order valence-electron chi connectivity index (χ2n) is 10.2. The van der Waals surface area contributed by atoms with E-state index in [0.29, 0.717) is 0 Å². The van der Waals surface area contributed by atoms with Gasteiger partial charge in [0.05, 0.1) is 16.7 Å². The fraction of sp³-hybridized carbons (Fsp3) is 0.310. The Balaban J connectivity index is 1.58. The van der Waals surface area contributed by atoms with Gasteiger partial charge in [-0.3, -0.25) is 4.79 Å². The van der Waals surface area contributed by atoms with Crippen LogP contribution in [0.4, 0.5) is 11.4 Å². The van der Waals surface area contributed by atoms with Crippen LogP contribution in [0.15, 0.2) is 83.2 Å². The van der Waals surface area contributed by atoms with Gasteiger partial charge >= 0.3 is 0 Å². The summed E-state index contributed by atoms with van der Waals surface area (Å²) in [6, 6.07) is 17.0. The molecule has 0 spiro atoms. The van der Waals surface area contributed by atoms with Gasteiger partial charge < -0.3 is 10.2 Å². The number of carbonyl (C=O) groups is 1. The van der Waals surface area contributed by atoms with Crippen molar-refractivity contribution in [1.29, 1.82) is 0 Å². The molecule has 1 N–H and O–H groups in total. The molecule has 0 fully saturated rings. The fourth-order valence-corrected chi connectivity index (χ4v) is 5.79. The molecule has 168 valence electrons. The number of fused-ring (bicyclic) bond motifs is 2. The van der Waals surface area contributed by atoms with Gasteiger partial charge in [0, 0.05) is 54.2 Å². The van der Waals surface area contributed by atoms with Crippen molar-refractivity contribution in [2.75, 3.05) is 26.0 Å². The molecule has 0 saturated heterocycles. The number of hydrogen-bond donors (Lipinski definition) is 1. The third-order valence-electron chi connectivity index (χ3n) is 7.72. The summed E-state index contributed by atoms with van der Waals surface area (Å²) in [7, 11) is 6.07. The molecular formula is C29H32N3O+. The summed E-state index contributed by atoms with van der Waals surface area (Å²) < 4.78 is 2.21. The predicted octanol–water partition coefficient (Wildman–Crippen LogP) is 4.99. The van der Waals surface area contributed by atoms with E-state index in [4.69, 9.17) is 0 Å². The molecular weight excluding hydrogens is 406 g/mol. The summed E-state index contributed by atoms with van der Waals surface area (Å²) in [6.45, 7) is 8.90. The quantitative estimate of drug-likeness (QED) is 0.542. The number of ketones is 1. The average molecular weight is 439 g/mol. The van der Waals surface area contributed by atoms with Gasteiger partial charge in [-0.25, -0.2) is 0 Å². The van der Waals surface area contributed by atoms with Crippen molar-refractivity contribution >= 4 is 22.9 Å². The molecule has 33 heavy (non-hydrogen) atoms. The Bertz CT molecular complexity index is 1330. The molecule has 3 aliphatic rings. The standard InChI is InChI=1S/C29H31N3O/c1-28(2)20-12-8-10-14-22(20)31(6)24(28)16-18-26(30-5)19(27(18)33)17-25-29(3,4)21-13-9-11-15-23(21)32(25)7/h8-17H,1-7H3/p+1. The van der Waals surface area contributed by atoms with E-state index >= 15 is 0 Å². The highest BCUT2D eigenvalue weighted by atomic mass is 16.1. The molecule has 0 atom stereocenters. The number of allylic oxidation sites excluding steroid dienone is 5. The van der Waals surface area contributed by atoms with Crippen LogP contribution in [-0.4, -0.2) is 37.2 Å². The van der Waals surface area contributed by atoms with Crippen molar-refractivity contribution in [3.05, 3.63) is 94.4 Å². The Morgan fingerprint density at radius 1 is 0.909 bits per heavy atom. The van der Waals surface area contributed by atoms with Crippen molar-refractivity contribution in [2.45, 2.75) is 38.5 Å². The highest BCUT2D eigenvalue weighted by Gasteiger charge is 2.45. The Labute approximate surface area is 196 Å². The molecule has 0 unspecified atom stereocenters. The number of Topliss-reactive ketones (excluding diaryl/α,β-unsaturated/α-hetero) is 1. The molecule has 1 aliphatic carbocycles. The average Bonchev–Trinajstić information content (AvgIpc) is 3.11. The Morgan fingerprint density at radius 2 is 1.55 bits per heavy atom. The zero-order chi connectivity index (χ0) is 23.7. The van der Waals surface area contributed by atoms with Crippen molar-refractivity contribution in [2.24, 2.45) is 0 Å². The number of carbonyl (C=O) groups excluding carboxylic acids is 1. The number of anilines is 1. The van der Waals surface area contributed by atoms with Crippen LogP contribution in [0.25, 0.3) is 0 Å². The van der Waals surface area contributed by atoms with Gasteiger partial charge in [0.25, 0.3) is 0 Å². The minimum absolute atomic E-state index is 0.0969. The monoisotopic (exact) mass is 438 g/mol.